The summed E-state index contributed by atoms with van der Waals surface area (Å²) in [6.45, 7) is 3.23. The summed E-state index contributed by atoms with van der Waals surface area (Å²) >= 11 is 1.74. The van der Waals surface area contributed by atoms with Gasteiger partial charge in [0.1, 0.15) is 5.82 Å². The van der Waals surface area contributed by atoms with Crippen molar-refractivity contribution in [2.45, 2.75) is 25.8 Å². The van der Waals surface area contributed by atoms with Crippen molar-refractivity contribution in [3.63, 3.8) is 0 Å². The molecule has 0 aromatic carbocycles. The second kappa shape index (κ2) is 5.82. The van der Waals surface area contributed by atoms with Crippen molar-refractivity contribution >= 4 is 11.3 Å². The lowest BCUT2D eigenvalue weighted by Crippen LogP contribution is -2.24. The molecule has 1 unspecified atom stereocenters. The van der Waals surface area contributed by atoms with Gasteiger partial charge < -0.3 is 10.3 Å². The minimum Gasteiger partial charge on any atom is -0.349 e. The molecule has 2 N–H and O–H groups in total. The highest BCUT2D eigenvalue weighted by molar-refractivity contribution is 7.07. The molecule has 3 nitrogen and oxygen atoms in total. The number of rotatable bonds is 6. The van der Waals surface area contributed by atoms with Gasteiger partial charge in [-0.05, 0) is 35.4 Å². The first-order chi connectivity index (χ1) is 7.90. The largest absolute Gasteiger partial charge is 0.349 e. The fourth-order valence-electron chi connectivity index (χ4n) is 1.70. The van der Waals surface area contributed by atoms with Crippen molar-refractivity contribution in [3.05, 3.63) is 40.6 Å². The van der Waals surface area contributed by atoms with Crippen molar-refractivity contribution in [2.24, 2.45) is 0 Å². The van der Waals surface area contributed by atoms with Crippen LogP contribution in [0.1, 0.15) is 30.8 Å². The van der Waals surface area contributed by atoms with Gasteiger partial charge in [-0.3, -0.25) is 0 Å². The zero-order chi connectivity index (χ0) is 11.2. The lowest BCUT2D eigenvalue weighted by molar-refractivity contribution is 0.521. The van der Waals surface area contributed by atoms with E-state index in [9.17, 15) is 0 Å². The van der Waals surface area contributed by atoms with Crippen LogP contribution in [0.2, 0.25) is 0 Å². The quantitative estimate of drug-likeness (QED) is 0.808. The van der Waals surface area contributed by atoms with E-state index in [0.29, 0.717) is 6.04 Å². The minimum absolute atomic E-state index is 0.373. The summed E-state index contributed by atoms with van der Waals surface area (Å²) in [6.07, 6.45) is 5.75. The van der Waals surface area contributed by atoms with Gasteiger partial charge in [-0.1, -0.05) is 6.92 Å². The fraction of sp³-hybridized carbons (Fsp3) is 0.417. The van der Waals surface area contributed by atoms with Crippen molar-refractivity contribution in [1.29, 1.82) is 0 Å². The summed E-state index contributed by atoms with van der Waals surface area (Å²) in [5, 5.41) is 7.88. The molecule has 4 heteroatoms. The zero-order valence-electron chi connectivity index (χ0n) is 9.44. The Hall–Kier alpha value is -1.13. The van der Waals surface area contributed by atoms with Gasteiger partial charge in [0.2, 0.25) is 0 Å². The summed E-state index contributed by atoms with van der Waals surface area (Å²) < 4.78 is 0. The molecule has 2 aromatic rings. The summed E-state index contributed by atoms with van der Waals surface area (Å²) in [6, 6.07) is 2.55. The number of hydrogen-bond acceptors (Lipinski definition) is 3. The van der Waals surface area contributed by atoms with Crippen LogP contribution in [-0.2, 0) is 6.42 Å². The SMILES string of the molecule is CCCNC(Cc1ncc[nH]1)c1ccsc1. The zero-order valence-corrected chi connectivity index (χ0v) is 10.3. The summed E-state index contributed by atoms with van der Waals surface area (Å²) in [5.41, 5.74) is 1.36. The van der Waals surface area contributed by atoms with Gasteiger partial charge in [-0.15, -0.1) is 0 Å². The second-order valence-electron chi connectivity index (χ2n) is 3.80. The number of aromatic nitrogens is 2. The number of aromatic amines is 1. The third kappa shape index (κ3) is 2.93. The standard InChI is InChI=1S/C12H17N3S/c1-2-4-13-11(10-3-7-16-9-10)8-12-14-5-6-15-12/h3,5-7,9,11,13H,2,4,8H2,1H3,(H,14,15). The first-order valence-electron chi connectivity index (χ1n) is 5.64. The van der Waals surface area contributed by atoms with E-state index in [1.165, 1.54) is 5.56 Å². The molecule has 0 saturated carbocycles. The molecule has 86 valence electrons. The monoisotopic (exact) mass is 235 g/mol. The van der Waals surface area contributed by atoms with Gasteiger partial charge in [-0.2, -0.15) is 11.3 Å². The minimum atomic E-state index is 0.373. The molecule has 0 aliphatic carbocycles. The Labute approximate surface area is 99.9 Å². The molecule has 16 heavy (non-hydrogen) atoms. The highest BCUT2D eigenvalue weighted by atomic mass is 32.1. The predicted molar refractivity (Wildman–Crippen MR) is 67.6 cm³/mol. The maximum atomic E-state index is 4.28. The highest BCUT2D eigenvalue weighted by Gasteiger charge is 2.12. The maximum Gasteiger partial charge on any atom is 0.107 e. The molecule has 2 heterocycles. The molecule has 0 aliphatic rings. The topological polar surface area (TPSA) is 40.7 Å². The van der Waals surface area contributed by atoms with Crippen molar-refractivity contribution in [1.82, 2.24) is 15.3 Å². The maximum absolute atomic E-state index is 4.28. The first-order valence-corrected chi connectivity index (χ1v) is 6.58. The highest BCUT2D eigenvalue weighted by Crippen LogP contribution is 2.19. The molecule has 0 amide bonds. The third-order valence-electron chi connectivity index (χ3n) is 2.54. The Morgan fingerprint density at radius 3 is 3.12 bits per heavy atom. The molecule has 1 atom stereocenters. The molecule has 0 spiro atoms. The number of imidazole rings is 1. The molecular formula is C12H17N3S. The summed E-state index contributed by atoms with van der Waals surface area (Å²) in [7, 11) is 0. The molecule has 0 radical (unpaired) electrons. The van der Waals surface area contributed by atoms with E-state index in [-0.39, 0.29) is 0 Å². The third-order valence-corrected chi connectivity index (χ3v) is 3.24. The fourth-order valence-corrected chi connectivity index (χ4v) is 2.42. The smallest absolute Gasteiger partial charge is 0.107 e. The molecule has 0 bridgehead atoms. The second-order valence-corrected chi connectivity index (χ2v) is 4.58. The van der Waals surface area contributed by atoms with Crippen LogP contribution in [0.25, 0.3) is 0 Å². The van der Waals surface area contributed by atoms with Crippen LogP contribution in [0, 0.1) is 0 Å². The van der Waals surface area contributed by atoms with Crippen molar-refractivity contribution in [2.75, 3.05) is 6.54 Å². The number of H-pyrrole nitrogens is 1. The first kappa shape index (κ1) is 11.4. The molecule has 0 fully saturated rings. The van der Waals surface area contributed by atoms with Crippen LogP contribution >= 0.6 is 11.3 Å². The molecule has 0 saturated heterocycles. The van der Waals surface area contributed by atoms with E-state index < -0.39 is 0 Å². The molecule has 2 aromatic heterocycles. The average molecular weight is 235 g/mol. The van der Waals surface area contributed by atoms with Crippen LogP contribution in [0.4, 0.5) is 0 Å². The molecular weight excluding hydrogens is 218 g/mol. The van der Waals surface area contributed by atoms with Crippen LogP contribution in [0.5, 0.6) is 0 Å². The lowest BCUT2D eigenvalue weighted by Gasteiger charge is -2.16. The summed E-state index contributed by atoms with van der Waals surface area (Å²) in [5.74, 6) is 1.04. The van der Waals surface area contributed by atoms with Gasteiger partial charge in [-0.25, -0.2) is 4.98 Å². The van der Waals surface area contributed by atoms with Crippen LogP contribution in [0.3, 0.4) is 0 Å². The Bertz CT molecular complexity index is 380. The van der Waals surface area contributed by atoms with Gasteiger partial charge in [0.25, 0.3) is 0 Å². The Morgan fingerprint density at radius 2 is 2.50 bits per heavy atom. The normalized spacial score (nSPS) is 12.8. The molecule has 0 aliphatic heterocycles. The van der Waals surface area contributed by atoms with Crippen molar-refractivity contribution in [3.8, 4) is 0 Å². The average Bonchev–Trinajstić information content (AvgIpc) is 2.96. The predicted octanol–water partition coefficient (Wildman–Crippen LogP) is 2.75. The van der Waals surface area contributed by atoms with E-state index >= 15 is 0 Å². The van der Waals surface area contributed by atoms with Gasteiger partial charge in [0.05, 0.1) is 0 Å². The Kier molecular flexibility index (Phi) is 4.13. The number of nitrogens with one attached hydrogen (secondary N) is 2. The van der Waals surface area contributed by atoms with E-state index in [2.05, 4.69) is 39.0 Å². The van der Waals surface area contributed by atoms with E-state index in [1.807, 2.05) is 6.20 Å². The van der Waals surface area contributed by atoms with Gasteiger partial charge in [0.15, 0.2) is 0 Å². The van der Waals surface area contributed by atoms with E-state index in [4.69, 9.17) is 0 Å². The summed E-state index contributed by atoms with van der Waals surface area (Å²) in [4.78, 5) is 7.44. The van der Waals surface area contributed by atoms with Gasteiger partial charge in [0, 0.05) is 24.9 Å². The van der Waals surface area contributed by atoms with Gasteiger partial charge >= 0.3 is 0 Å². The molecule has 2 rings (SSSR count). The Morgan fingerprint density at radius 1 is 1.56 bits per heavy atom. The number of nitrogens with zero attached hydrogens (tertiary/aromatic N) is 1. The van der Waals surface area contributed by atoms with Crippen LogP contribution in [-0.4, -0.2) is 16.5 Å². The van der Waals surface area contributed by atoms with E-state index in [0.717, 1.165) is 25.2 Å². The Balaban J connectivity index is 2.03. The van der Waals surface area contributed by atoms with E-state index in [1.54, 1.807) is 17.5 Å². The number of hydrogen-bond donors (Lipinski definition) is 2. The number of thiophene rings is 1. The van der Waals surface area contributed by atoms with Crippen molar-refractivity contribution < 1.29 is 0 Å². The lowest BCUT2D eigenvalue weighted by atomic mass is 10.1. The van der Waals surface area contributed by atoms with Crippen LogP contribution in [0.15, 0.2) is 29.2 Å². The van der Waals surface area contributed by atoms with Crippen LogP contribution < -0.4 is 5.32 Å².